The summed E-state index contributed by atoms with van der Waals surface area (Å²) in [6.45, 7) is 14.5. The summed E-state index contributed by atoms with van der Waals surface area (Å²) in [5.74, 6) is -1.30. The van der Waals surface area contributed by atoms with Crippen LogP contribution in [0.2, 0.25) is 19.6 Å². The molecule has 7 aromatic rings. The number of fused-ring (bicyclic) bond motifs is 3. The standard InChI is InChI=1S/C29H26NO.C14H16NSi.Ir/c1-18(2)20-5-7-21(8-6-20)23-9-11-25-26-15-24(10-12-28(26)31-29(25)17-23)27-16-22(19(3)4)13-14-30-27;1-16(2,3)13-9-10-14(15-11-13)12-7-5-4-6-8-12;/h5-9,11-19H,1-4H3;4-7,9-11H,1-3H3;/q2*-1;/i18D,19D;;. The van der Waals surface area contributed by atoms with Gasteiger partial charge in [-0.15, -0.1) is 59.7 Å². The van der Waals surface area contributed by atoms with Crippen LogP contribution in [0.5, 0.6) is 0 Å². The second-order valence-electron chi connectivity index (χ2n) is 13.4. The minimum atomic E-state index is -1.23. The Morgan fingerprint density at radius 2 is 1.42 bits per heavy atom. The quantitative estimate of drug-likeness (QED) is 0.124. The van der Waals surface area contributed by atoms with Crippen LogP contribution in [0.25, 0.3) is 55.6 Å². The second-order valence-corrected chi connectivity index (χ2v) is 18.5. The predicted molar refractivity (Wildman–Crippen MR) is 201 cm³/mol. The molecule has 3 heterocycles. The third-order valence-electron chi connectivity index (χ3n) is 8.43. The summed E-state index contributed by atoms with van der Waals surface area (Å²) >= 11 is 0. The smallest absolute Gasteiger partial charge is 0.121 e. The Balaban J connectivity index is 0.000000241. The molecule has 0 saturated carbocycles. The van der Waals surface area contributed by atoms with Crippen molar-refractivity contribution in [2.24, 2.45) is 0 Å². The van der Waals surface area contributed by atoms with Gasteiger partial charge in [0.05, 0.1) is 13.7 Å². The molecule has 0 bridgehead atoms. The van der Waals surface area contributed by atoms with Crippen molar-refractivity contribution in [2.75, 3.05) is 0 Å². The van der Waals surface area contributed by atoms with Crippen molar-refractivity contribution in [1.29, 1.82) is 0 Å². The summed E-state index contributed by atoms with van der Waals surface area (Å²) in [6, 6.07) is 41.0. The normalized spacial score (nSPS) is 12.5. The number of rotatable bonds is 6. The van der Waals surface area contributed by atoms with Crippen LogP contribution in [0.4, 0.5) is 0 Å². The van der Waals surface area contributed by atoms with Crippen molar-refractivity contribution in [3.63, 3.8) is 0 Å². The molecule has 7 rings (SSSR count). The molecule has 245 valence electrons. The molecule has 0 atom stereocenters. The summed E-state index contributed by atoms with van der Waals surface area (Å²) in [6.07, 6.45) is 3.77. The van der Waals surface area contributed by atoms with E-state index in [-0.39, 0.29) is 20.1 Å². The number of hydrogen-bond donors (Lipinski definition) is 0. The monoisotopic (exact) mass is 825 g/mol. The minimum Gasteiger partial charge on any atom is -0.500 e. The Labute approximate surface area is 302 Å². The fraction of sp³-hybridized carbons (Fsp3) is 0.209. The van der Waals surface area contributed by atoms with Gasteiger partial charge in [0, 0.05) is 40.6 Å². The number of benzene rings is 4. The Morgan fingerprint density at radius 1 is 0.667 bits per heavy atom. The van der Waals surface area contributed by atoms with Gasteiger partial charge in [-0.25, -0.2) is 0 Å². The van der Waals surface area contributed by atoms with E-state index in [1.807, 2.05) is 88.5 Å². The van der Waals surface area contributed by atoms with Gasteiger partial charge in [-0.1, -0.05) is 113 Å². The maximum atomic E-state index is 8.32. The molecule has 0 unspecified atom stereocenters. The van der Waals surface area contributed by atoms with E-state index in [1.165, 1.54) is 5.19 Å². The Kier molecular flexibility index (Phi) is 10.1. The van der Waals surface area contributed by atoms with Crippen molar-refractivity contribution in [1.82, 2.24) is 9.97 Å². The third kappa shape index (κ3) is 7.93. The van der Waals surface area contributed by atoms with E-state index in [0.717, 1.165) is 66.7 Å². The number of hydrogen-bond acceptors (Lipinski definition) is 3. The van der Waals surface area contributed by atoms with Crippen molar-refractivity contribution >= 4 is 35.2 Å². The molecule has 0 aliphatic heterocycles. The van der Waals surface area contributed by atoms with Crippen molar-refractivity contribution in [3.8, 4) is 33.6 Å². The molecule has 48 heavy (non-hydrogen) atoms. The Hall–Kier alpha value is -4.15. The number of aromatic nitrogens is 2. The average molecular weight is 825 g/mol. The van der Waals surface area contributed by atoms with Crippen molar-refractivity contribution in [2.45, 2.75) is 59.1 Å². The van der Waals surface area contributed by atoms with Crippen LogP contribution >= 0.6 is 0 Å². The van der Waals surface area contributed by atoms with Crippen LogP contribution in [0.1, 0.15) is 53.4 Å². The molecule has 0 fully saturated rings. The van der Waals surface area contributed by atoms with Crippen molar-refractivity contribution in [3.05, 3.63) is 139 Å². The summed E-state index contributed by atoms with van der Waals surface area (Å²) < 4.78 is 22.7. The Bertz CT molecular complexity index is 2210. The van der Waals surface area contributed by atoms with E-state index >= 15 is 0 Å². The van der Waals surface area contributed by atoms with E-state index in [1.54, 1.807) is 6.20 Å². The van der Waals surface area contributed by atoms with E-state index in [0.29, 0.717) is 0 Å². The topological polar surface area (TPSA) is 38.9 Å². The van der Waals surface area contributed by atoms with Crippen LogP contribution < -0.4 is 5.19 Å². The fourth-order valence-corrected chi connectivity index (χ4v) is 6.52. The van der Waals surface area contributed by atoms with Gasteiger partial charge >= 0.3 is 0 Å². The zero-order chi connectivity index (χ0) is 35.0. The molecule has 0 aliphatic carbocycles. The van der Waals surface area contributed by atoms with Gasteiger partial charge < -0.3 is 14.4 Å². The Morgan fingerprint density at radius 3 is 2.06 bits per heavy atom. The van der Waals surface area contributed by atoms with Crippen LogP contribution in [0, 0.1) is 12.1 Å². The molecule has 1 radical (unpaired) electrons. The predicted octanol–water partition coefficient (Wildman–Crippen LogP) is 11.5. The maximum absolute atomic E-state index is 8.32. The first-order valence-electron chi connectivity index (χ1n) is 17.1. The molecular weight excluding hydrogens is 781 g/mol. The van der Waals surface area contributed by atoms with E-state index < -0.39 is 19.9 Å². The first kappa shape index (κ1) is 32.4. The van der Waals surface area contributed by atoms with Gasteiger partial charge in [0.25, 0.3) is 0 Å². The van der Waals surface area contributed by atoms with Gasteiger partial charge in [0.2, 0.25) is 0 Å². The van der Waals surface area contributed by atoms with Crippen molar-refractivity contribution < 1.29 is 27.3 Å². The second kappa shape index (κ2) is 14.9. The molecule has 3 nitrogen and oxygen atoms in total. The first-order valence-corrected chi connectivity index (χ1v) is 19.6. The molecule has 0 saturated heterocycles. The molecule has 4 aromatic carbocycles. The number of nitrogens with zero attached hydrogens (tertiary/aromatic N) is 2. The van der Waals surface area contributed by atoms with E-state index in [4.69, 9.17) is 7.16 Å². The van der Waals surface area contributed by atoms with Gasteiger partial charge in [-0.2, -0.15) is 0 Å². The third-order valence-corrected chi connectivity index (χ3v) is 10.5. The molecule has 5 heteroatoms. The zero-order valence-corrected chi connectivity index (χ0v) is 32.0. The van der Waals surface area contributed by atoms with Crippen LogP contribution in [0.3, 0.4) is 0 Å². The molecule has 0 spiro atoms. The zero-order valence-electron chi connectivity index (χ0n) is 30.6. The molecule has 0 aliphatic rings. The summed E-state index contributed by atoms with van der Waals surface area (Å²) in [5, 5.41) is 3.46. The van der Waals surface area contributed by atoms with Gasteiger partial charge in [0.1, 0.15) is 5.58 Å². The fourth-order valence-electron chi connectivity index (χ4n) is 5.48. The molecular formula is C43H42IrN2OSi-2. The van der Waals surface area contributed by atoms with Crippen LogP contribution in [-0.4, -0.2) is 18.0 Å². The van der Waals surface area contributed by atoms with Crippen LogP contribution in [-0.2, 0) is 20.1 Å². The maximum Gasteiger partial charge on any atom is 0.121 e. The number of pyridine rings is 2. The van der Waals surface area contributed by atoms with E-state index in [9.17, 15) is 0 Å². The number of furan rings is 1. The van der Waals surface area contributed by atoms with Crippen LogP contribution in [0.15, 0.2) is 120 Å². The molecule has 0 N–H and O–H groups in total. The summed E-state index contributed by atoms with van der Waals surface area (Å²) in [4.78, 5) is 9.03. The van der Waals surface area contributed by atoms with Gasteiger partial charge in [-0.3, -0.25) is 0 Å². The summed E-state index contributed by atoms with van der Waals surface area (Å²) in [7, 11) is -1.23. The SMILES string of the molecule is C[Si](C)(C)c1ccc(-c2[c-]cccc2)nc1.[2H]C(C)(C)c1ccc(-c2ccc3c(c2)oc2c[c-]c(-c4cc(C([2H])(C)C)ccn4)cc23)cc1.[Ir]. The average Bonchev–Trinajstić information content (AvgIpc) is 3.45. The summed E-state index contributed by atoms with van der Waals surface area (Å²) in [5.41, 5.74) is 9.44. The largest absolute Gasteiger partial charge is 0.500 e. The first-order chi connectivity index (χ1) is 23.2. The van der Waals surface area contributed by atoms with Gasteiger partial charge in [0.15, 0.2) is 0 Å². The van der Waals surface area contributed by atoms with Gasteiger partial charge in [-0.05, 0) is 57.2 Å². The minimum absolute atomic E-state index is 0. The molecule has 3 aromatic heterocycles. The van der Waals surface area contributed by atoms with E-state index in [2.05, 4.69) is 90.3 Å². The molecule has 0 amide bonds.